The van der Waals surface area contributed by atoms with Crippen LogP contribution in [0.15, 0.2) is 200 Å². The van der Waals surface area contributed by atoms with Crippen molar-refractivity contribution in [3.8, 4) is 0 Å². The molecule has 3 aromatic heterocycles. The van der Waals surface area contributed by atoms with Gasteiger partial charge in [0.05, 0.1) is 0 Å². The number of nitrogens with zero attached hydrogens (tertiary/aromatic N) is 7. The van der Waals surface area contributed by atoms with Crippen molar-refractivity contribution in [1.29, 1.82) is 0 Å². The van der Waals surface area contributed by atoms with E-state index < -0.39 is 0 Å². The van der Waals surface area contributed by atoms with Crippen LogP contribution < -0.4 is 19.6 Å². The van der Waals surface area contributed by atoms with Crippen molar-refractivity contribution in [3.05, 3.63) is 234 Å². The van der Waals surface area contributed by atoms with Crippen molar-refractivity contribution in [1.82, 2.24) is 15.0 Å². The standard InChI is InChI=1S/C57H51N7/c1-40-16-28-46(29-17-40)61(47-30-18-41(2)19-31-47)52-10-7-12-54(58-52)63(50-36-24-44(5)25-37-50)56-14-9-15-57(60-56)64(51-38-26-45(6)27-39-51)55-13-8-11-53(59-55)62(48-32-20-42(3)21-33-48)49-34-22-43(4)23-35-49/h7-39H,1-6H3. The molecule has 0 atom stereocenters. The zero-order valence-electron chi connectivity index (χ0n) is 37.2. The Morgan fingerprint density at radius 3 is 0.547 bits per heavy atom. The van der Waals surface area contributed by atoms with E-state index in [1.54, 1.807) is 0 Å². The van der Waals surface area contributed by atoms with Crippen molar-refractivity contribution < 1.29 is 0 Å². The van der Waals surface area contributed by atoms with Crippen LogP contribution in [0.5, 0.6) is 0 Å². The molecule has 0 fully saturated rings. The maximum absolute atomic E-state index is 5.49. The average Bonchev–Trinajstić information content (AvgIpc) is 3.31. The molecule has 0 amide bonds. The minimum Gasteiger partial charge on any atom is -0.295 e. The van der Waals surface area contributed by atoms with Gasteiger partial charge >= 0.3 is 0 Å². The molecule has 9 aromatic rings. The summed E-state index contributed by atoms with van der Waals surface area (Å²) in [5.74, 6) is 4.43. The molecule has 64 heavy (non-hydrogen) atoms. The number of aryl methyl sites for hydroxylation is 6. The van der Waals surface area contributed by atoms with Crippen LogP contribution in [-0.4, -0.2) is 15.0 Å². The molecule has 0 saturated carbocycles. The molecule has 0 aliphatic carbocycles. The monoisotopic (exact) mass is 833 g/mol. The molecule has 7 nitrogen and oxygen atoms in total. The lowest BCUT2D eigenvalue weighted by Crippen LogP contribution is -2.19. The Bertz CT molecular complexity index is 2690. The highest BCUT2D eigenvalue weighted by Crippen LogP contribution is 2.41. The fourth-order valence-electron chi connectivity index (χ4n) is 7.74. The molecule has 0 aliphatic rings. The molecular formula is C57H51N7. The van der Waals surface area contributed by atoms with Gasteiger partial charge in [-0.25, -0.2) is 15.0 Å². The van der Waals surface area contributed by atoms with Crippen LogP contribution in [0, 0.1) is 41.5 Å². The van der Waals surface area contributed by atoms with E-state index in [9.17, 15) is 0 Å². The van der Waals surface area contributed by atoms with Gasteiger partial charge in [-0.1, -0.05) is 124 Å². The summed E-state index contributed by atoms with van der Waals surface area (Å²) in [6.07, 6.45) is 0. The average molecular weight is 834 g/mol. The molecule has 3 heterocycles. The van der Waals surface area contributed by atoms with E-state index in [1.165, 1.54) is 33.4 Å². The van der Waals surface area contributed by atoms with Crippen LogP contribution in [-0.2, 0) is 0 Å². The zero-order valence-corrected chi connectivity index (χ0v) is 37.2. The van der Waals surface area contributed by atoms with E-state index in [2.05, 4.69) is 237 Å². The molecule has 0 spiro atoms. The SMILES string of the molecule is Cc1ccc(N(c2ccc(C)cc2)c2cccc(N(c3ccc(C)cc3)c3cccc(N(c4ccc(C)cc4)c4cccc(N(c5ccc(C)cc5)c5ccc(C)cc5)n4)n3)n2)cc1. The number of hydrogen-bond acceptors (Lipinski definition) is 7. The first kappa shape index (κ1) is 41.3. The Morgan fingerprint density at radius 2 is 0.359 bits per heavy atom. The quantitative estimate of drug-likeness (QED) is 0.121. The van der Waals surface area contributed by atoms with Gasteiger partial charge in [-0.05, 0) is 151 Å². The molecule has 0 bridgehead atoms. The van der Waals surface area contributed by atoms with Gasteiger partial charge in [-0.15, -0.1) is 0 Å². The maximum Gasteiger partial charge on any atom is 0.141 e. The van der Waals surface area contributed by atoms with Gasteiger partial charge in [0, 0.05) is 34.1 Å². The predicted octanol–water partition coefficient (Wildman–Crippen LogP) is 15.6. The van der Waals surface area contributed by atoms with Gasteiger partial charge in [-0.3, -0.25) is 19.6 Å². The molecule has 0 radical (unpaired) electrons. The second kappa shape index (κ2) is 18.1. The molecule has 314 valence electrons. The predicted molar refractivity (Wildman–Crippen MR) is 267 cm³/mol. The Balaban J connectivity index is 1.18. The number of hydrogen-bond donors (Lipinski definition) is 0. The second-order valence-corrected chi connectivity index (χ2v) is 16.4. The fraction of sp³-hybridized carbons (Fsp3) is 0.105. The van der Waals surface area contributed by atoms with Gasteiger partial charge in [0.2, 0.25) is 0 Å². The van der Waals surface area contributed by atoms with Crippen LogP contribution >= 0.6 is 0 Å². The molecule has 9 rings (SSSR count). The fourth-order valence-corrected chi connectivity index (χ4v) is 7.74. The van der Waals surface area contributed by atoms with E-state index in [0.717, 1.165) is 57.4 Å². The molecule has 0 N–H and O–H groups in total. The van der Waals surface area contributed by atoms with Crippen LogP contribution in [0.25, 0.3) is 0 Å². The number of benzene rings is 6. The highest BCUT2D eigenvalue weighted by molar-refractivity contribution is 5.81. The third-order valence-electron chi connectivity index (χ3n) is 11.3. The molecular weight excluding hydrogens is 783 g/mol. The van der Waals surface area contributed by atoms with Gasteiger partial charge in [-0.2, -0.15) is 0 Å². The van der Waals surface area contributed by atoms with Crippen LogP contribution in [0.2, 0.25) is 0 Å². The molecule has 6 aromatic carbocycles. The van der Waals surface area contributed by atoms with Crippen molar-refractivity contribution in [2.75, 3.05) is 19.6 Å². The summed E-state index contributed by atoms with van der Waals surface area (Å²) in [6.45, 7) is 12.6. The largest absolute Gasteiger partial charge is 0.295 e. The summed E-state index contributed by atoms with van der Waals surface area (Å²) >= 11 is 0. The van der Waals surface area contributed by atoms with E-state index in [4.69, 9.17) is 15.0 Å². The molecule has 0 unspecified atom stereocenters. The Hall–Kier alpha value is -8.03. The van der Waals surface area contributed by atoms with Crippen LogP contribution in [0.1, 0.15) is 33.4 Å². The summed E-state index contributed by atoms with van der Waals surface area (Å²) in [7, 11) is 0. The Kier molecular flexibility index (Phi) is 11.7. The minimum atomic E-state index is 0.706. The highest BCUT2D eigenvalue weighted by atomic mass is 15.3. The normalized spacial score (nSPS) is 11.0. The second-order valence-electron chi connectivity index (χ2n) is 16.4. The summed E-state index contributed by atoms with van der Waals surface area (Å²) in [4.78, 5) is 25.0. The summed E-state index contributed by atoms with van der Waals surface area (Å²) < 4.78 is 0. The first-order chi connectivity index (χ1) is 31.2. The topological polar surface area (TPSA) is 51.6 Å². The lowest BCUT2D eigenvalue weighted by molar-refractivity contribution is 1.07. The number of anilines is 12. The Morgan fingerprint density at radius 1 is 0.203 bits per heavy atom. The minimum absolute atomic E-state index is 0.706. The van der Waals surface area contributed by atoms with Crippen molar-refractivity contribution in [2.24, 2.45) is 0 Å². The smallest absolute Gasteiger partial charge is 0.141 e. The maximum atomic E-state index is 5.49. The number of pyridine rings is 3. The summed E-state index contributed by atoms with van der Waals surface area (Å²) in [6, 6.07) is 69.8. The molecule has 0 aliphatic heterocycles. The van der Waals surface area contributed by atoms with E-state index >= 15 is 0 Å². The van der Waals surface area contributed by atoms with Crippen LogP contribution in [0.3, 0.4) is 0 Å². The van der Waals surface area contributed by atoms with Gasteiger partial charge < -0.3 is 0 Å². The molecule has 0 saturated heterocycles. The molecule has 7 heteroatoms. The lowest BCUT2D eigenvalue weighted by atomic mass is 10.1. The highest BCUT2D eigenvalue weighted by Gasteiger charge is 2.23. The van der Waals surface area contributed by atoms with Crippen molar-refractivity contribution >= 4 is 69.0 Å². The number of rotatable bonds is 12. The summed E-state index contributed by atoms with van der Waals surface area (Å²) in [5, 5.41) is 0. The third kappa shape index (κ3) is 8.96. The van der Waals surface area contributed by atoms with E-state index in [-0.39, 0.29) is 0 Å². The van der Waals surface area contributed by atoms with E-state index in [0.29, 0.717) is 11.6 Å². The first-order valence-electron chi connectivity index (χ1n) is 21.7. The summed E-state index contributed by atoms with van der Waals surface area (Å²) in [5.41, 5.74) is 13.1. The van der Waals surface area contributed by atoms with Gasteiger partial charge in [0.15, 0.2) is 0 Å². The van der Waals surface area contributed by atoms with Crippen molar-refractivity contribution in [3.63, 3.8) is 0 Å². The third-order valence-corrected chi connectivity index (χ3v) is 11.3. The Labute approximate surface area is 377 Å². The zero-order chi connectivity index (χ0) is 44.2. The van der Waals surface area contributed by atoms with Crippen LogP contribution in [0.4, 0.5) is 69.0 Å². The van der Waals surface area contributed by atoms with E-state index in [1.807, 2.05) is 24.3 Å². The van der Waals surface area contributed by atoms with Gasteiger partial charge in [0.25, 0.3) is 0 Å². The first-order valence-corrected chi connectivity index (χ1v) is 21.7. The van der Waals surface area contributed by atoms with Crippen molar-refractivity contribution in [2.45, 2.75) is 41.5 Å². The van der Waals surface area contributed by atoms with Gasteiger partial charge in [0.1, 0.15) is 34.9 Å². The lowest BCUT2D eigenvalue weighted by Gasteiger charge is -2.29. The number of aromatic nitrogens is 3.